The molecule has 8 heteroatoms. The summed E-state index contributed by atoms with van der Waals surface area (Å²) in [6.07, 6.45) is 2.95. The van der Waals surface area contributed by atoms with E-state index < -0.39 is 23.4 Å². The molecule has 6 nitrogen and oxygen atoms in total. The Morgan fingerprint density at radius 1 is 0.968 bits per heavy atom. The van der Waals surface area contributed by atoms with E-state index in [-0.39, 0.29) is 5.56 Å². The molecule has 0 aliphatic rings. The van der Waals surface area contributed by atoms with Crippen LogP contribution in [0.15, 0.2) is 42.6 Å². The van der Waals surface area contributed by atoms with E-state index in [2.05, 4.69) is 9.97 Å². The zero-order valence-corrected chi connectivity index (χ0v) is 17.4. The van der Waals surface area contributed by atoms with Crippen molar-refractivity contribution < 1.29 is 27.8 Å². The van der Waals surface area contributed by atoms with Crippen LogP contribution in [0.2, 0.25) is 0 Å². The molecule has 0 saturated heterocycles. The molecule has 0 bridgehead atoms. The Bertz CT molecular complexity index is 1050. The number of hydrogen-bond acceptors (Lipinski definition) is 6. The lowest BCUT2D eigenvalue weighted by Crippen LogP contribution is -2.03. The molecule has 0 fully saturated rings. The van der Waals surface area contributed by atoms with Crippen LogP contribution in [0, 0.1) is 11.6 Å². The summed E-state index contributed by atoms with van der Waals surface area (Å²) < 4.78 is 43.2. The number of methoxy groups -OCH3 is 3. The quantitative estimate of drug-likeness (QED) is 0.390. The summed E-state index contributed by atoms with van der Waals surface area (Å²) in [6, 6.07) is 8.88. The number of nitrogens with zero attached hydrogens (tertiary/aromatic N) is 2. The molecule has 2 aromatic carbocycles. The van der Waals surface area contributed by atoms with Crippen molar-refractivity contribution in [1.82, 2.24) is 9.97 Å². The van der Waals surface area contributed by atoms with E-state index in [4.69, 9.17) is 14.2 Å². The van der Waals surface area contributed by atoms with Crippen LogP contribution < -0.4 is 4.74 Å². The van der Waals surface area contributed by atoms with Gasteiger partial charge in [-0.05, 0) is 37.1 Å². The van der Waals surface area contributed by atoms with Crippen molar-refractivity contribution in [1.29, 1.82) is 0 Å². The van der Waals surface area contributed by atoms with Gasteiger partial charge < -0.3 is 14.2 Å². The normalized spacial score (nSPS) is 10.7. The molecule has 3 rings (SSSR count). The molecule has 0 spiro atoms. The van der Waals surface area contributed by atoms with Gasteiger partial charge in [-0.2, -0.15) is 0 Å². The van der Waals surface area contributed by atoms with E-state index in [0.29, 0.717) is 41.2 Å². The van der Waals surface area contributed by atoms with Crippen molar-refractivity contribution in [3.8, 4) is 28.3 Å². The fourth-order valence-corrected chi connectivity index (χ4v) is 3.13. The molecule has 3 aromatic rings. The minimum Gasteiger partial charge on any atom is -0.491 e. The minimum atomic E-state index is -0.838. The van der Waals surface area contributed by atoms with E-state index in [9.17, 15) is 13.6 Å². The number of aryl methyl sites for hydroxylation is 1. The van der Waals surface area contributed by atoms with Crippen molar-refractivity contribution in [2.45, 2.75) is 12.8 Å². The summed E-state index contributed by atoms with van der Waals surface area (Å²) in [5.41, 5.74) is 2.69. The van der Waals surface area contributed by atoms with E-state index in [1.807, 2.05) is 0 Å². The monoisotopic (exact) mass is 428 g/mol. The molecule has 1 heterocycles. The predicted octanol–water partition coefficient (Wildman–Crippen LogP) is 4.46. The van der Waals surface area contributed by atoms with Crippen LogP contribution in [0.3, 0.4) is 0 Å². The number of esters is 1. The molecule has 0 atom stereocenters. The summed E-state index contributed by atoms with van der Waals surface area (Å²) in [6.45, 7) is 0.571. The van der Waals surface area contributed by atoms with Gasteiger partial charge >= 0.3 is 5.97 Å². The zero-order valence-electron chi connectivity index (χ0n) is 17.4. The Morgan fingerprint density at radius 2 is 1.65 bits per heavy atom. The third-order valence-electron chi connectivity index (χ3n) is 4.66. The van der Waals surface area contributed by atoms with Gasteiger partial charge in [0.25, 0.3) is 0 Å². The third-order valence-corrected chi connectivity index (χ3v) is 4.66. The first-order valence-electron chi connectivity index (χ1n) is 9.55. The highest BCUT2D eigenvalue weighted by molar-refractivity contribution is 5.90. The maximum Gasteiger partial charge on any atom is 0.337 e. The first kappa shape index (κ1) is 22.3. The molecule has 0 radical (unpaired) electrons. The molecule has 1 aromatic heterocycles. The van der Waals surface area contributed by atoms with Gasteiger partial charge in [0.05, 0.1) is 36.9 Å². The number of hydrogen-bond donors (Lipinski definition) is 0. The van der Waals surface area contributed by atoms with Crippen molar-refractivity contribution in [3.63, 3.8) is 0 Å². The molecule has 0 aliphatic heterocycles. The standard InChI is InChI=1S/C23H22F2N2O4/c1-29-10-4-5-17-13-26-20(16-11-18(24)22(30-2)19(25)12-16)21(27-17)14-6-8-15(9-7-14)23(28)31-3/h6-9,11-13H,4-5,10H2,1-3H3. The second kappa shape index (κ2) is 10.1. The van der Waals surface area contributed by atoms with Crippen LogP contribution >= 0.6 is 0 Å². The van der Waals surface area contributed by atoms with Crippen molar-refractivity contribution in [2.24, 2.45) is 0 Å². The summed E-state index contributed by atoms with van der Waals surface area (Å²) in [5, 5.41) is 0. The van der Waals surface area contributed by atoms with E-state index >= 15 is 0 Å². The van der Waals surface area contributed by atoms with Crippen LogP contribution in [0.4, 0.5) is 8.78 Å². The maximum absolute atomic E-state index is 14.3. The number of carbonyl (C=O) groups excluding carboxylic acids is 1. The Balaban J connectivity index is 2.10. The van der Waals surface area contributed by atoms with Gasteiger partial charge in [-0.3, -0.25) is 4.98 Å². The van der Waals surface area contributed by atoms with Crippen LogP contribution in [-0.2, 0) is 15.9 Å². The number of ether oxygens (including phenoxy) is 3. The Hall–Kier alpha value is -3.39. The van der Waals surface area contributed by atoms with Crippen LogP contribution in [0.1, 0.15) is 22.5 Å². The van der Waals surface area contributed by atoms with Crippen LogP contribution in [0.25, 0.3) is 22.5 Å². The zero-order chi connectivity index (χ0) is 22.4. The van der Waals surface area contributed by atoms with Crippen molar-refractivity contribution in [3.05, 3.63) is 65.5 Å². The van der Waals surface area contributed by atoms with Crippen molar-refractivity contribution >= 4 is 5.97 Å². The van der Waals surface area contributed by atoms with Crippen LogP contribution in [-0.4, -0.2) is 43.9 Å². The molecule has 0 saturated carbocycles. The first-order chi connectivity index (χ1) is 15.0. The summed E-state index contributed by atoms with van der Waals surface area (Å²) in [5.74, 6) is -2.60. The molecule has 0 N–H and O–H groups in total. The fraction of sp³-hybridized carbons (Fsp3) is 0.261. The summed E-state index contributed by atoms with van der Waals surface area (Å²) in [7, 11) is 4.12. The number of aromatic nitrogens is 2. The lowest BCUT2D eigenvalue weighted by atomic mass is 10.0. The average molecular weight is 428 g/mol. The topological polar surface area (TPSA) is 70.5 Å². The van der Waals surface area contributed by atoms with E-state index in [0.717, 1.165) is 18.6 Å². The number of rotatable bonds is 8. The number of carbonyl (C=O) groups is 1. The lowest BCUT2D eigenvalue weighted by molar-refractivity contribution is 0.0600. The highest BCUT2D eigenvalue weighted by Crippen LogP contribution is 2.33. The second-order valence-corrected chi connectivity index (χ2v) is 6.70. The fourth-order valence-electron chi connectivity index (χ4n) is 3.13. The van der Waals surface area contributed by atoms with Gasteiger partial charge in [-0.1, -0.05) is 12.1 Å². The highest BCUT2D eigenvalue weighted by Gasteiger charge is 2.18. The molecular weight excluding hydrogens is 406 g/mol. The lowest BCUT2D eigenvalue weighted by Gasteiger charge is -2.13. The number of benzene rings is 2. The molecular formula is C23H22F2N2O4. The average Bonchev–Trinajstić information content (AvgIpc) is 2.78. The van der Waals surface area contributed by atoms with Gasteiger partial charge in [-0.25, -0.2) is 18.6 Å². The molecule has 31 heavy (non-hydrogen) atoms. The third kappa shape index (κ3) is 5.03. The van der Waals surface area contributed by atoms with Gasteiger partial charge in [-0.15, -0.1) is 0 Å². The molecule has 0 aliphatic carbocycles. The predicted molar refractivity (Wildman–Crippen MR) is 111 cm³/mol. The van der Waals surface area contributed by atoms with E-state index in [1.54, 1.807) is 37.6 Å². The maximum atomic E-state index is 14.3. The smallest absolute Gasteiger partial charge is 0.337 e. The largest absolute Gasteiger partial charge is 0.491 e. The van der Waals surface area contributed by atoms with Gasteiger partial charge in [0, 0.05) is 31.0 Å². The minimum absolute atomic E-state index is 0.221. The Labute approximate surface area is 178 Å². The van der Waals surface area contributed by atoms with Crippen molar-refractivity contribution in [2.75, 3.05) is 27.9 Å². The number of halogens is 2. The first-order valence-corrected chi connectivity index (χ1v) is 9.55. The molecule has 162 valence electrons. The molecule has 0 amide bonds. The van der Waals surface area contributed by atoms with Gasteiger partial charge in [0.1, 0.15) is 0 Å². The summed E-state index contributed by atoms with van der Waals surface area (Å²) in [4.78, 5) is 20.9. The Kier molecular flexibility index (Phi) is 7.25. The van der Waals surface area contributed by atoms with Gasteiger partial charge in [0.15, 0.2) is 17.4 Å². The Morgan fingerprint density at radius 3 is 2.23 bits per heavy atom. The summed E-state index contributed by atoms with van der Waals surface area (Å²) >= 11 is 0. The SMILES string of the molecule is COCCCc1cnc(-c2cc(F)c(OC)c(F)c2)c(-c2ccc(C(=O)OC)cc2)n1. The second-order valence-electron chi connectivity index (χ2n) is 6.70. The van der Waals surface area contributed by atoms with Crippen LogP contribution in [0.5, 0.6) is 5.75 Å². The highest BCUT2D eigenvalue weighted by atomic mass is 19.1. The van der Waals surface area contributed by atoms with Gasteiger partial charge in [0.2, 0.25) is 0 Å². The molecule has 0 unspecified atom stereocenters. The van der Waals surface area contributed by atoms with E-state index in [1.165, 1.54) is 14.2 Å².